The minimum absolute atomic E-state index is 0.182. The second-order valence-electron chi connectivity index (χ2n) is 5.92. The highest BCUT2D eigenvalue weighted by molar-refractivity contribution is 5.85. The molecule has 0 aliphatic heterocycles. The Morgan fingerprint density at radius 2 is 1.62 bits per heavy atom. The smallest absolute Gasteiger partial charge is 0.115 e. The van der Waals surface area contributed by atoms with Gasteiger partial charge in [-0.25, -0.2) is 0 Å². The summed E-state index contributed by atoms with van der Waals surface area (Å²) >= 11 is 0. The van der Waals surface area contributed by atoms with Crippen molar-refractivity contribution in [3.8, 4) is 5.75 Å². The Kier molecular flexibility index (Phi) is 5.29. The summed E-state index contributed by atoms with van der Waals surface area (Å²) in [6, 6.07) is 17.7. The Bertz CT molecular complexity index is 765. The van der Waals surface area contributed by atoms with Crippen LogP contribution in [0, 0.1) is 0 Å². The van der Waals surface area contributed by atoms with E-state index in [9.17, 15) is 10.2 Å². The third kappa shape index (κ3) is 3.66. The van der Waals surface area contributed by atoms with Gasteiger partial charge in [0.15, 0.2) is 0 Å². The van der Waals surface area contributed by atoms with Gasteiger partial charge in [0.2, 0.25) is 0 Å². The third-order valence-corrected chi connectivity index (χ3v) is 4.26. The van der Waals surface area contributed by atoms with Gasteiger partial charge in [-0.15, -0.1) is 0 Å². The molecule has 0 spiro atoms. The lowest BCUT2D eigenvalue weighted by Crippen LogP contribution is -1.99. The molecule has 0 saturated heterocycles. The fourth-order valence-corrected chi connectivity index (χ4v) is 3.12. The van der Waals surface area contributed by atoms with Gasteiger partial charge in [-0.2, -0.15) is 0 Å². The van der Waals surface area contributed by atoms with Crippen molar-refractivity contribution in [2.24, 2.45) is 0 Å². The molecule has 24 heavy (non-hydrogen) atoms. The molecule has 0 aromatic heterocycles. The molecule has 1 aliphatic rings. The number of aromatic hydroxyl groups is 1. The lowest BCUT2D eigenvalue weighted by molar-refractivity contribution is 0.289. The van der Waals surface area contributed by atoms with Crippen LogP contribution >= 0.6 is 0 Å². The van der Waals surface area contributed by atoms with Gasteiger partial charge >= 0.3 is 0 Å². The number of benzene rings is 2. The molecular formula is C22H22O2. The van der Waals surface area contributed by atoms with Gasteiger partial charge in [0.05, 0.1) is 0 Å². The first-order valence-corrected chi connectivity index (χ1v) is 8.34. The summed E-state index contributed by atoms with van der Waals surface area (Å²) in [5.41, 5.74) is 5.99. The average molecular weight is 318 g/mol. The van der Waals surface area contributed by atoms with E-state index in [2.05, 4.69) is 30.4 Å². The second kappa shape index (κ2) is 7.80. The summed E-state index contributed by atoms with van der Waals surface area (Å²) in [7, 11) is 0. The molecule has 0 saturated carbocycles. The van der Waals surface area contributed by atoms with Crippen molar-refractivity contribution < 1.29 is 10.2 Å². The van der Waals surface area contributed by atoms with Gasteiger partial charge in [-0.1, -0.05) is 60.7 Å². The van der Waals surface area contributed by atoms with Crippen molar-refractivity contribution >= 4 is 5.57 Å². The van der Waals surface area contributed by atoms with Crippen molar-refractivity contribution in [1.29, 1.82) is 0 Å². The fourth-order valence-electron chi connectivity index (χ4n) is 3.12. The first-order chi connectivity index (χ1) is 11.8. The fraction of sp³-hybridized carbons (Fsp3) is 0.182. The summed E-state index contributed by atoms with van der Waals surface area (Å²) < 4.78 is 0. The Labute approximate surface area is 143 Å². The van der Waals surface area contributed by atoms with Crippen LogP contribution in [0.5, 0.6) is 5.75 Å². The van der Waals surface area contributed by atoms with Gasteiger partial charge in [-0.05, 0) is 59.2 Å². The molecular weight excluding hydrogens is 296 g/mol. The van der Waals surface area contributed by atoms with Crippen LogP contribution < -0.4 is 0 Å². The van der Waals surface area contributed by atoms with Crippen molar-refractivity contribution in [2.75, 3.05) is 6.61 Å². The molecule has 0 heterocycles. The molecule has 0 bridgehead atoms. The van der Waals surface area contributed by atoms with Crippen LogP contribution in [0.15, 0.2) is 84.0 Å². The van der Waals surface area contributed by atoms with E-state index in [0.29, 0.717) is 0 Å². The predicted octanol–water partition coefficient (Wildman–Crippen LogP) is 4.85. The number of allylic oxidation sites excluding steroid dienone is 5. The molecule has 0 atom stereocenters. The van der Waals surface area contributed by atoms with Crippen LogP contribution in [0.2, 0.25) is 0 Å². The number of aliphatic hydroxyl groups is 1. The standard InChI is InChI=1S/C22H22O2/c23-16-6-11-21(17-7-4-5-8-17)22(18-9-2-1-3-10-18)19-12-14-20(24)15-13-19/h1-5,7,9-10,12-15,23-24H,6,8,11,16H2. The topological polar surface area (TPSA) is 40.5 Å². The number of hydrogen-bond acceptors (Lipinski definition) is 2. The van der Waals surface area contributed by atoms with E-state index in [0.717, 1.165) is 30.4 Å². The van der Waals surface area contributed by atoms with Crippen LogP contribution in [0.3, 0.4) is 0 Å². The Morgan fingerprint density at radius 3 is 2.25 bits per heavy atom. The van der Waals surface area contributed by atoms with Gasteiger partial charge in [0, 0.05) is 6.61 Å². The van der Waals surface area contributed by atoms with E-state index < -0.39 is 0 Å². The number of phenols is 1. The van der Waals surface area contributed by atoms with E-state index in [1.54, 1.807) is 12.1 Å². The third-order valence-electron chi connectivity index (χ3n) is 4.26. The minimum Gasteiger partial charge on any atom is -0.508 e. The zero-order valence-electron chi connectivity index (χ0n) is 13.7. The molecule has 0 amide bonds. The van der Waals surface area contributed by atoms with Gasteiger partial charge in [0.25, 0.3) is 0 Å². The van der Waals surface area contributed by atoms with E-state index in [1.165, 1.54) is 16.7 Å². The Morgan fingerprint density at radius 1 is 0.917 bits per heavy atom. The van der Waals surface area contributed by atoms with E-state index >= 15 is 0 Å². The summed E-state index contributed by atoms with van der Waals surface area (Å²) in [4.78, 5) is 0. The summed E-state index contributed by atoms with van der Waals surface area (Å²) in [6.45, 7) is 0.182. The van der Waals surface area contributed by atoms with Gasteiger partial charge in [-0.3, -0.25) is 0 Å². The maximum Gasteiger partial charge on any atom is 0.115 e. The molecule has 2 N–H and O–H groups in total. The van der Waals surface area contributed by atoms with Crippen molar-refractivity contribution in [2.45, 2.75) is 19.3 Å². The molecule has 0 fully saturated rings. The van der Waals surface area contributed by atoms with E-state index in [-0.39, 0.29) is 12.4 Å². The van der Waals surface area contributed by atoms with Crippen LogP contribution in [0.4, 0.5) is 0 Å². The Balaban J connectivity index is 2.17. The molecule has 0 radical (unpaired) electrons. The average Bonchev–Trinajstić information content (AvgIpc) is 3.15. The minimum atomic E-state index is 0.182. The van der Waals surface area contributed by atoms with Crippen molar-refractivity contribution in [1.82, 2.24) is 0 Å². The summed E-state index contributed by atoms with van der Waals surface area (Å²) in [6.07, 6.45) is 8.91. The molecule has 1 aliphatic carbocycles. The van der Waals surface area contributed by atoms with Crippen molar-refractivity contribution in [3.05, 3.63) is 95.1 Å². The molecule has 2 nitrogen and oxygen atoms in total. The maximum atomic E-state index is 9.63. The van der Waals surface area contributed by atoms with E-state index in [1.807, 2.05) is 30.3 Å². The van der Waals surface area contributed by atoms with Crippen LogP contribution in [-0.4, -0.2) is 16.8 Å². The monoisotopic (exact) mass is 318 g/mol. The summed E-state index contributed by atoms with van der Waals surface area (Å²) in [5.74, 6) is 0.268. The first kappa shape index (κ1) is 16.3. The van der Waals surface area contributed by atoms with Crippen LogP contribution in [0.1, 0.15) is 30.4 Å². The maximum absolute atomic E-state index is 9.63. The number of aliphatic hydroxyl groups excluding tert-OH is 1. The normalized spacial score (nSPS) is 14.5. The molecule has 2 heteroatoms. The molecule has 2 aromatic rings. The molecule has 3 rings (SSSR count). The second-order valence-corrected chi connectivity index (χ2v) is 5.92. The highest BCUT2D eigenvalue weighted by atomic mass is 16.3. The van der Waals surface area contributed by atoms with Gasteiger partial charge < -0.3 is 10.2 Å². The number of rotatable bonds is 6. The largest absolute Gasteiger partial charge is 0.508 e. The zero-order valence-corrected chi connectivity index (χ0v) is 13.7. The van der Waals surface area contributed by atoms with E-state index in [4.69, 9.17) is 0 Å². The lowest BCUT2D eigenvalue weighted by atomic mass is 9.86. The summed E-state index contributed by atoms with van der Waals surface area (Å²) in [5, 5.41) is 19.0. The van der Waals surface area contributed by atoms with Crippen molar-refractivity contribution in [3.63, 3.8) is 0 Å². The van der Waals surface area contributed by atoms with Gasteiger partial charge in [0.1, 0.15) is 5.75 Å². The first-order valence-electron chi connectivity index (χ1n) is 8.34. The molecule has 2 aromatic carbocycles. The Hall–Kier alpha value is -2.58. The molecule has 122 valence electrons. The van der Waals surface area contributed by atoms with Crippen LogP contribution in [-0.2, 0) is 0 Å². The SMILES string of the molecule is OCCCC(C1=CC=CC1)=C(c1ccccc1)c1ccc(O)cc1. The molecule has 0 unspecified atom stereocenters. The quantitative estimate of drug-likeness (QED) is 0.799. The highest BCUT2D eigenvalue weighted by Gasteiger charge is 2.16. The van der Waals surface area contributed by atoms with Crippen LogP contribution in [0.25, 0.3) is 5.57 Å². The predicted molar refractivity (Wildman–Crippen MR) is 98.7 cm³/mol. The number of phenolic OH excluding ortho intramolecular Hbond substituents is 1. The number of hydrogen-bond donors (Lipinski definition) is 2. The zero-order chi connectivity index (χ0) is 16.8. The highest BCUT2D eigenvalue weighted by Crippen LogP contribution is 2.36. The lowest BCUT2D eigenvalue weighted by Gasteiger charge is -2.18.